The van der Waals surface area contributed by atoms with E-state index in [0.29, 0.717) is 11.4 Å². The number of carbonyl (C=O) groups is 2. The van der Waals surface area contributed by atoms with Crippen molar-refractivity contribution in [3.8, 4) is 0 Å². The van der Waals surface area contributed by atoms with Gasteiger partial charge in [-0.15, -0.1) is 0 Å². The normalized spacial score (nSPS) is 18.0. The highest BCUT2D eigenvalue weighted by Gasteiger charge is 2.22. The number of halogens is 1. The second-order valence-corrected chi connectivity index (χ2v) is 7.88. The molecule has 0 atom stereocenters. The molecule has 4 N–H and O–H groups in total. The molecular formula is C21H30FN3O3. The van der Waals surface area contributed by atoms with Gasteiger partial charge in [0, 0.05) is 24.3 Å². The maximum absolute atomic E-state index is 14.7. The predicted molar refractivity (Wildman–Crippen MR) is 107 cm³/mol. The third-order valence-corrected chi connectivity index (χ3v) is 5.66. The van der Waals surface area contributed by atoms with Crippen LogP contribution < -0.4 is 16.0 Å². The molecule has 2 aliphatic carbocycles. The molecule has 0 unspecified atom stereocenters. The van der Waals surface area contributed by atoms with Gasteiger partial charge in [0.2, 0.25) is 0 Å². The zero-order chi connectivity index (χ0) is 19.9. The van der Waals surface area contributed by atoms with Crippen LogP contribution in [0.25, 0.3) is 0 Å². The Labute approximate surface area is 165 Å². The van der Waals surface area contributed by atoms with E-state index in [1.807, 2.05) is 0 Å². The van der Waals surface area contributed by atoms with Gasteiger partial charge in [-0.05, 0) is 37.8 Å². The molecular weight excluding hydrogens is 361 g/mol. The van der Waals surface area contributed by atoms with Crippen molar-refractivity contribution in [2.75, 3.05) is 17.2 Å². The molecule has 0 aromatic heterocycles. The van der Waals surface area contributed by atoms with Gasteiger partial charge in [-0.25, -0.2) is 4.39 Å². The summed E-state index contributed by atoms with van der Waals surface area (Å²) in [5.74, 6) is -1.89. The fraction of sp³-hybridized carbons (Fsp3) is 0.619. The first-order chi connectivity index (χ1) is 13.5. The molecule has 0 radical (unpaired) electrons. The largest absolute Gasteiger partial charge is 0.481 e. The monoisotopic (exact) mass is 391 g/mol. The summed E-state index contributed by atoms with van der Waals surface area (Å²) in [6.07, 6.45) is 9.77. The van der Waals surface area contributed by atoms with Gasteiger partial charge >= 0.3 is 5.97 Å². The number of carboxylic acid groups (broad SMARTS) is 1. The van der Waals surface area contributed by atoms with Gasteiger partial charge in [0.1, 0.15) is 5.82 Å². The Balaban J connectivity index is 1.78. The molecule has 1 aromatic rings. The molecule has 0 spiro atoms. The van der Waals surface area contributed by atoms with Crippen molar-refractivity contribution in [3.05, 3.63) is 23.5 Å². The molecule has 2 aliphatic rings. The van der Waals surface area contributed by atoms with Crippen LogP contribution in [0.4, 0.5) is 15.8 Å². The Bertz CT molecular complexity index is 698. The molecule has 7 heteroatoms. The number of amides is 1. The van der Waals surface area contributed by atoms with Gasteiger partial charge in [0.25, 0.3) is 5.91 Å². The number of hydrogen-bond acceptors (Lipinski definition) is 4. The van der Waals surface area contributed by atoms with Gasteiger partial charge in [-0.3, -0.25) is 9.59 Å². The number of benzene rings is 1. The Morgan fingerprint density at radius 1 is 0.929 bits per heavy atom. The van der Waals surface area contributed by atoms with E-state index < -0.39 is 17.7 Å². The second-order valence-electron chi connectivity index (χ2n) is 7.88. The van der Waals surface area contributed by atoms with Crippen molar-refractivity contribution in [3.63, 3.8) is 0 Å². The first-order valence-electron chi connectivity index (χ1n) is 10.4. The van der Waals surface area contributed by atoms with Gasteiger partial charge in [0.05, 0.1) is 17.7 Å². The highest BCUT2D eigenvalue weighted by atomic mass is 19.1. The van der Waals surface area contributed by atoms with Gasteiger partial charge in [-0.1, -0.05) is 32.1 Å². The van der Waals surface area contributed by atoms with Crippen LogP contribution in [0, 0.1) is 5.82 Å². The van der Waals surface area contributed by atoms with Gasteiger partial charge < -0.3 is 21.1 Å². The average molecular weight is 391 g/mol. The number of hydrogen-bond donors (Lipinski definition) is 4. The maximum atomic E-state index is 14.7. The van der Waals surface area contributed by atoms with Crippen LogP contribution in [0.15, 0.2) is 12.1 Å². The molecule has 3 rings (SSSR count). The molecule has 6 nitrogen and oxygen atoms in total. The molecule has 2 fully saturated rings. The zero-order valence-corrected chi connectivity index (χ0v) is 16.2. The number of anilines is 2. The highest BCUT2D eigenvalue weighted by molar-refractivity contribution is 6.00. The third kappa shape index (κ3) is 5.59. The van der Waals surface area contributed by atoms with Crippen LogP contribution >= 0.6 is 0 Å². The fourth-order valence-electron chi connectivity index (χ4n) is 4.13. The Hall–Kier alpha value is -2.31. The lowest BCUT2D eigenvalue weighted by Crippen LogP contribution is -2.28. The van der Waals surface area contributed by atoms with Crippen molar-refractivity contribution in [2.45, 2.75) is 76.3 Å². The summed E-state index contributed by atoms with van der Waals surface area (Å²) >= 11 is 0. The summed E-state index contributed by atoms with van der Waals surface area (Å²) in [4.78, 5) is 23.2. The van der Waals surface area contributed by atoms with Crippen LogP contribution in [0.3, 0.4) is 0 Å². The van der Waals surface area contributed by atoms with E-state index >= 15 is 0 Å². The van der Waals surface area contributed by atoms with Crippen LogP contribution in [0.5, 0.6) is 0 Å². The number of carbonyl (C=O) groups excluding carboxylic acids is 1. The molecule has 0 bridgehead atoms. The summed E-state index contributed by atoms with van der Waals surface area (Å²) in [5, 5.41) is 18.0. The van der Waals surface area contributed by atoms with Crippen LogP contribution in [-0.2, 0) is 4.79 Å². The smallest absolute Gasteiger partial charge is 0.305 e. The summed E-state index contributed by atoms with van der Waals surface area (Å²) < 4.78 is 14.7. The maximum Gasteiger partial charge on any atom is 0.305 e. The third-order valence-electron chi connectivity index (χ3n) is 5.66. The SMILES string of the molecule is O=C(O)CCNC(=O)c1cc(F)c(NC2CCCCC2)cc1NC1CCCC1. The van der Waals surface area contributed by atoms with E-state index in [-0.39, 0.29) is 30.6 Å². The van der Waals surface area contributed by atoms with Gasteiger partial charge in [-0.2, -0.15) is 0 Å². The standard InChI is InChI=1S/C21H30FN3O3/c22-17-12-16(21(28)23-11-10-20(26)27)18(24-14-8-4-5-9-14)13-19(17)25-15-6-2-1-3-7-15/h12-15,24-25H,1-11H2,(H,23,28)(H,26,27). The Morgan fingerprint density at radius 3 is 2.11 bits per heavy atom. The Morgan fingerprint density at radius 2 is 1.50 bits per heavy atom. The Kier molecular flexibility index (Phi) is 7.12. The van der Waals surface area contributed by atoms with E-state index in [9.17, 15) is 14.0 Å². The lowest BCUT2D eigenvalue weighted by atomic mass is 9.95. The number of carboxylic acids is 1. The topological polar surface area (TPSA) is 90.5 Å². The summed E-state index contributed by atoms with van der Waals surface area (Å²) in [7, 11) is 0. The van der Waals surface area contributed by atoms with E-state index in [1.165, 1.54) is 12.5 Å². The van der Waals surface area contributed by atoms with Crippen LogP contribution in [0.2, 0.25) is 0 Å². The molecule has 1 amide bonds. The molecule has 0 aliphatic heterocycles. The number of rotatable bonds is 8. The van der Waals surface area contributed by atoms with Crippen LogP contribution in [0.1, 0.15) is 74.6 Å². The minimum atomic E-state index is -0.984. The summed E-state index contributed by atoms with van der Waals surface area (Å²) in [6.45, 7) is 0.0146. The summed E-state index contributed by atoms with van der Waals surface area (Å²) in [6, 6.07) is 3.50. The van der Waals surface area contributed by atoms with Crippen molar-refractivity contribution < 1.29 is 19.1 Å². The van der Waals surface area contributed by atoms with Crippen molar-refractivity contribution in [1.82, 2.24) is 5.32 Å². The van der Waals surface area contributed by atoms with Crippen molar-refractivity contribution in [2.24, 2.45) is 0 Å². The van der Waals surface area contributed by atoms with E-state index in [0.717, 1.165) is 51.4 Å². The minimum absolute atomic E-state index is 0.0146. The molecule has 0 heterocycles. The number of nitrogens with one attached hydrogen (secondary N) is 3. The summed E-state index contributed by atoms with van der Waals surface area (Å²) in [5.41, 5.74) is 1.26. The number of aliphatic carboxylic acids is 1. The first-order valence-corrected chi connectivity index (χ1v) is 10.4. The van der Waals surface area contributed by atoms with Crippen molar-refractivity contribution >= 4 is 23.3 Å². The fourth-order valence-corrected chi connectivity index (χ4v) is 4.13. The average Bonchev–Trinajstić information content (AvgIpc) is 3.17. The predicted octanol–water partition coefficient (Wildman–Crippen LogP) is 4.13. The quantitative estimate of drug-likeness (QED) is 0.535. The lowest BCUT2D eigenvalue weighted by Gasteiger charge is -2.25. The molecule has 2 saturated carbocycles. The van der Waals surface area contributed by atoms with Gasteiger partial charge in [0.15, 0.2) is 0 Å². The molecule has 28 heavy (non-hydrogen) atoms. The van der Waals surface area contributed by atoms with E-state index in [2.05, 4.69) is 16.0 Å². The molecule has 154 valence electrons. The van der Waals surface area contributed by atoms with Crippen molar-refractivity contribution in [1.29, 1.82) is 0 Å². The first kappa shape index (κ1) is 20.4. The molecule has 0 saturated heterocycles. The van der Waals surface area contributed by atoms with Crippen LogP contribution in [-0.4, -0.2) is 35.6 Å². The minimum Gasteiger partial charge on any atom is -0.481 e. The zero-order valence-electron chi connectivity index (χ0n) is 16.2. The lowest BCUT2D eigenvalue weighted by molar-refractivity contribution is -0.136. The van der Waals surface area contributed by atoms with E-state index in [4.69, 9.17) is 5.11 Å². The molecule has 1 aromatic carbocycles. The second kappa shape index (κ2) is 9.75. The highest BCUT2D eigenvalue weighted by Crippen LogP contribution is 2.30. The van der Waals surface area contributed by atoms with E-state index in [1.54, 1.807) is 6.07 Å².